The maximum Gasteiger partial charge on any atom is 0.418 e. The molecular weight excluding hydrogens is 586 g/mol. The molecule has 224 valence electrons. The number of para-hydroxylation sites is 1. The standard InChI is InChI=1S/C30H27F4N5O3S/c1-39(2)26(41)14-20(17-43-21-7-4-3-5-8-21)37-27-22-9-6-10-24(30(32,33)34)28(22)35-16-23(27)29(42)38-36-15-18-13-19(31)11-12-25(18)40/h3-13,15-16,20,40H,14,17H2,1-2H3,(H,35,37)(H,38,42)/b36-15+/t20-/m1/s1. The molecule has 3 N–H and O–H groups in total. The maximum atomic E-state index is 13.9. The minimum Gasteiger partial charge on any atom is -0.507 e. The molecule has 0 aliphatic carbocycles. The van der Waals surface area contributed by atoms with Gasteiger partial charge in [0, 0.05) is 54.4 Å². The number of carbonyl (C=O) groups is 2. The molecule has 43 heavy (non-hydrogen) atoms. The first kappa shape index (κ1) is 31.3. The Morgan fingerprint density at radius 3 is 2.53 bits per heavy atom. The van der Waals surface area contributed by atoms with Crippen molar-refractivity contribution in [1.82, 2.24) is 15.3 Å². The molecule has 1 atom stereocenters. The highest BCUT2D eigenvalue weighted by atomic mass is 32.2. The van der Waals surface area contributed by atoms with Crippen LogP contribution >= 0.6 is 11.8 Å². The van der Waals surface area contributed by atoms with Crippen molar-refractivity contribution in [3.8, 4) is 5.75 Å². The Kier molecular flexibility index (Phi) is 9.86. The van der Waals surface area contributed by atoms with Crippen molar-refractivity contribution in [1.29, 1.82) is 0 Å². The maximum absolute atomic E-state index is 13.9. The molecule has 4 rings (SSSR count). The predicted octanol–water partition coefficient (Wildman–Crippen LogP) is 5.91. The topological polar surface area (TPSA) is 107 Å². The van der Waals surface area contributed by atoms with Crippen LogP contribution in [0.4, 0.5) is 23.2 Å². The number of alkyl halides is 3. The van der Waals surface area contributed by atoms with Crippen molar-refractivity contribution in [2.75, 3.05) is 25.2 Å². The van der Waals surface area contributed by atoms with Crippen LogP contribution in [0.3, 0.4) is 0 Å². The number of fused-ring (bicyclic) bond motifs is 1. The van der Waals surface area contributed by atoms with E-state index in [1.54, 1.807) is 14.1 Å². The molecule has 0 radical (unpaired) electrons. The lowest BCUT2D eigenvalue weighted by atomic mass is 10.0. The van der Waals surface area contributed by atoms with Gasteiger partial charge in [0.15, 0.2) is 0 Å². The number of hydrogen-bond donors (Lipinski definition) is 3. The highest BCUT2D eigenvalue weighted by Crippen LogP contribution is 2.37. The van der Waals surface area contributed by atoms with Crippen LogP contribution in [-0.4, -0.2) is 58.9 Å². The summed E-state index contributed by atoms with van der Waals surface area (Å²) in [6.07, 6.45) is -2.71. The summed E-state index contributed by atoms with van der Waals surface area (Å²) in [6, 6.07) is 15.4. The van der Waals surface area contributed by atoms with E-state index in [0.717, 1.165) is 41.6 Å². The van der Waals surface area contributed by atoms with E-state index < -0.39 is 29.5 Å². The number of nitrogens with one attached hydrogen (secondary N) is 2. The minimum absolute atomic E-state index is 0.00898. The molecule has 0 saturated heterocycles. The van der Waals surface area contributed by atoms with E-state index in [-0.39, 0.29) is 45.8 Å². The summed E-state index contributed by atoms with van der Waals surface area (Å²) in [6.45, 7) is 0. The van der Waals surface area contributed by atoms with Crippen molar-refractivity contribution in [3.63, 3.8) is 0 Å². The van der Waals surface area contributed by atoms with Gasteiger partial charge in [-0.15, -0.1) is 11.8 Å². The van der Waals surface area contributed by atoms with Crippen molar-refractivity contribution in [2.24, 2.45) is 5.10 Å². The van der Waals surface area contributed by atoms with Gasteiger partial charge < -0.3 is 15.3 Å². The number of carbonyl (C=O) groups excluding carboxylic acids is 2. The average molecular weight is 614 g/mol. The van der Waals surface area contributed by atoms with Crippen LogP contribution in [0.5, 0.6) is 5.75 Å². The molecule has 0 unspecified atom stereocenters. The predicted molar refractivity (Wildman–Crippen MR) is 158 cm³/mol. The molecule has 1 heterocycles. The Hall–Kier alpha value is -4.65. The van der Waals surface area contributed by atoms with Crippen LogP contribution in [0.1, 0.15) is 27.9 Å². The van der Waals surface area contributed by atoms with Gasteiger partial charge in [-0.3, -0.25) is 14.6 Å². The van der Waals surface area contributed by atoms with E-state index in [2.05, 4.69) is 20.8 Å². The minimum atomic E-state index is -4.71. The van der Waals surface area contributed by atoms with Crippen LogP contribution in [0.15, 0.2) is 82.9 Å². The van der Waals surface area contributed by atoms with E-state index in [9.17, 15) is 32.3 Å². The summed E-state index contributed by atoms with van der Waals surface area (Å²) in [4.78, 5) is 32.3. The smallest absolute Gasteiger partial charge is 0.418 e. The fourth-order valence-electron chi connectivity index (χ4n) is 4.09. The summed E-state index contributed by atoms with van der Waals surface area (Å²) in [7, 11) is 3.18. The summed E-state index contributed by atoms with van der Waals surface area (Å²) >= 11 is 1.44. The van der Waals surface area contributed by atoms with Gasteiger partial charge in [-0.1, -0.05) is 30.3 Å². The molecule has 0 aliphatic rings. The quantitative estimate of drug-likeness (QED) is 0.0889. The Morgan fingerprint density at radius 2 is 1.84 bits per heavy atom. The molecule has 2 amide bonds. The number of halogens is 4. The zero-order valence-corrected chi connectivity index (χ0v) is 23.8. The third-order valence-electron chi connectivity index (χ3n) is 6.27. The van der Waals surface area contributed by atoms with Gasteiger partial charge in [0.05, 0.1) is 28.5 Å². The van der Waals surface area contributed by atoms with Crippen molar-refractivity contribution >= 4 is 46.4 Å². The Labute approximate surface area is 248 Å². The normalized spacial score (nSPS) is 12.3. The highest BCUT2D eigenvalue weighted by molar-refractivity contribution is 7.99. The number of rotatable bonds is 10. The van der Waals surface area contributed by atoms with Crippen molar-refractivity contribution in [3.05, 3.63) is 95.4 Å². The van der Waals surface area contributed by atoms with Crippen LogP contribution in [-0.2, 0) is 11.0 Å². The Morgan fingerprint density at radius 1 is 1.09 bits per heavy atom. The first-order valence-electron chi connectivity index (χ1n) is 12.9. The Bertz CT molecular complexity index is 1650. The van der Waals surface area contributed by atoms with Gasteiger partial charge in [-0.2, -0.15) is 18.3 Å². The summed E-state index contributed by atoms with van der Waals surface area (Å²) in [5.41, 5.74) is 0.764. The van der Waals surface area contributed by atoms with Crippen LogP contribution < -0.4 is 10.7 Å². The number of aromatic hydroxyl groups is 1. The zero-order chi connectivity index (χ0) is 31.1. The number of benzene rings is 3. The van der Waals surface area contributed by atoms with Crippen molar-refractivity contribution < 1.29 is 32.3 Å². The number of aromatic nitrogens is 1. The van der Waals surface area contributed by atoms with E-state index in [1.165, 1.54) is 28.8 Å². The first-order chi connectivity index (χ1) is 20.4. The molecule has 0 saturated carbocycles. The SMILES string of the molecule is CN(C)C(=O)C[C@H](CSc1ccccc1)Nc1c(C(=O)N/N=C/c2cc(F)ccc2O)cnc2c(C(F)(F)F)cccc12. The van der Waals surface area contributed by atoms with Gasteiger partial charge in [0.25, 0.3) is 5.91 Å². The fraction of sp³-hybridized carbons (Fsp3) is 0.200. The number of pyridine rings is 1. The van der Waals surface area contributed by atoms with Gasteiger partial charge in [0.2, 0.25) is 5.91 Å². The summed E-state index contributed by atoms with van der Waals surface area (Å²) < 4.78 is 55.2. The van der Waals surface area contributed by atoms with Gasteiger partial charge >= 0.3 is 6.18 Å². The summed E-state index contributed by atoms with van der Waals surface area (Å²) in [5, 5.41) is 16.8. The molecule has 4 aromatic rings. The Balaban J connectivity index is 1.74. The van der Waals surface area contributed by atoms with E-state index in [4.69, 9.17) is 0 Å². The second-order valence-corrected chi connectivity index (χ2v) is 10.7. The van der Waals surface area contributed by atoms with Crippen molar-refractivity contribution in [2.45, 2.75) is 23.5 Å². The number of hydrazone groups is 1. The lowest BCUT2D eigenvalue weighted by Crippen LogP contribution is -2.33. The molecule has 13 heteroatoms. The zero-order valence-electron chi connectivity index (χ0n) is 23.0. The third kappa shape index (κ3) is 8.01. The second-order valence-electron chi connectivity index (χ2n) is 9.61. The van der Waals surface area contributed by atoms with E-state index in [0.29, 0.717) is 5.75 Å². The van der Waals surface area contributed by atoms with E-state index >= 15 is 0 Å². The van der Waals surface area contributed by atoms with Gasteiger partial charge in [-0.05, 0) is 36.4 Å². The number of anilines is 1. The molecule has 0 aliphatic heterocycles. The van der Waals surface area contributed by atoms with E-state index in [1.807, 2.05) is 30.3 Å². The largest absolute Gasteiger partial charge is 0.507 e. The van der Waals surface area contributed by atoms with Crippen LogP contribution in [0, 0.1) is 5.82 Å². The summed E-state index contributed by atoms with van der Waals surface area (Å²) in [5.74, 6) is -1.65. The van der Waals surface area contributed by atoms with Crippen LogP contribution in [0.2, 0.25) is 0 Å². The fourth-order valence-corrected chi connectivity index (χ4v) is 5.04. The molecule has 0 spiro atoms. The molecule has 1 aromatic heterocycles. The van der Waals surface area contributed by atoms with Crippen LogP contribution in [0.25, 0.3) is 10.9 Å². The number of hydrogen-bond acceptors (Lipinski definition) is 7. The molecule has 3 aromatic carbocycles. The average Bonchev–Trinajstić information content (AvgIpc) is 2.97. The second kappa shape index (κ2) is 13.6. The lowest BCUT2D eigenvalue weighted by Gasteiger charge is -2.24. The first-order valence-corrected chi connectivity index (χ1v) is 13.9. The molecular formula is C30H27F4N5O3S. The van der Waals surface area contributed by atoms with Gasteiger partial charge in [0.1, 0.15) is 11.6 Å². The molecule has 8 nitrogen and oxygen atoms in total. The number of thioether (sulfide) groups is 1. The monoisotopic (exact) mass is 613 g/mol. The number of phenols is 1. The lowest BCUT2D eigenvalue weighted by molar-refractivity contribution is -0.136. The number of phenolic OH excluding ortho intramolecular Hbond substituents is 1. The number of amides is 2. The highest BCUT2D eigenvalue weighted by Gasteiger charge is 2.34. The molecule has 0 fully saturated rings. The third-order valence-corrected chi connectivity index (χ3v) is 7.44. The van der Waals surface area contributed by atoms with Gasteiger partial charge in [-0.25, -0.2) is 9.82 Å². The number of nitrogens with zero attached hydrogens (tertiary/aromatic N) is 3. The molecule has 0 bridgehead atoms.